The second-order valence-corrected chi connectivity index (χ2v) is 5.92. The van der Waals surface area contributed by atoms with Crippen molar-refractivity contribution >= 4 is 5.82 Å². The standard InChI is InChI=1S/C18H32N2/c1-3-4-5-6-7-8-9-10-11-12-13-17-16(2)14-15-20-18(17)19/h14-15H,3-13H2,1-2H3,(H2,19,20). The number of aromatic nitrogens is 1. The van der Waals surface area contributed by atoms with Crippen LogP contribution < -0.4 is 5.73 Å². The summed E-state index contributed by atoms with van der Waals surface area (Å²) in [6, 6.07) is 2.06. The number of nitrogens with zero attached hydrogens (tertiary/aromatic N) is 1. The highest BCUT2D eigenvalue weighted by Gasteiger charge is 2.03. The van der Waals surface area contributed by atoms with Crippen LogP contribution in [0.5, 0.6) is 0 Å². The molecule has 20 heavy (non-hydrogen) atoms. The van der Waals surface area contributed by atoms with Crippen LogP contribution in [-0.2, 0) is 6.42 Å². The van der Waals surface area contributed by atoms with Gasteiger partial charge < -0.3 is 5.73 Å². The fraction of sp³-hybridized carbons (Fsp3) is 0.722. The van der Waals surface area contributed by atoms with Crippen LogP contribution >= 0.6 is 0 Å². The molecule has 2 N–H and O–H groups in total. The Hall–Kier alpha value is -1.05. The smallest absolute Gasteiger partial charge is 0.126 e. The molecule has 0 fully saturated rings. The van der Waals surface area contributed by atoms with Gasteiger partial charge in [-0.15, -0.1) is 0 Å². The largest absolute Gasteiger partial charge is 0.383 e. The summed E-state index contributed by atoms with van der Waals surface area (Å²) < 4.78 is 0. The Morgan fingerprint density at radius 3 is 2.00 bits per heavy atom. The van der Waals surface area contributed by atoms with E-state index in [1.54, 1.807) is 6.20 Å². The third-order valence-corrected chi connectivity index (χ3v) is 4.10. The zero-order valence-corrected chi connectivity index (χ0v) is 13.5. The number of pyridine rings is 1. The van der Waals surface area contributed by atoms with Gasteiger partial charge in [0.2, 0.25) is 0 Å². The van der Waals surface area contributed by atoms with Crippen LogP contribution in [0.4, 0.5) is 5.82 Å². The molecule has 0 radical (unpaired) electrons. The number of hydrogen-bond acceptors (Lipinski definition) is 2. The zero-order chi connectivity index (χ0) is 14.6. The average molecular weight is 276 g/mol. The van der Waals surface area contributed by atoms with Gasteiger partial charge in [-0.3, -0.25) is 0 Å². The van der Waals surface area contributed by atoms with Gasteiger partial charge in [-0.05, 0) is 37.0 Å². The first kappa shape index (κ1) is 17.0. The van der Waals surface area contributed by atoms with E-state index in [1.165, 1.54) is 75.3 Å². The summed E-state index contributed by atoms with van der Waals surface area (Å²) in [6.07, 6.45) is 16.7. The van der Waals surface area contributed by atoms with E-state index < -0.39 is 0 Å². The number of anilines is 1. The Labute approximate surface area is 125 Å². The maximum absolute atomic E-state index is 5.93. The predicted octanol–water partition coefficient (Wildman–Crippen LogP) is 5.44. The van der Waals surface area contributed by atoms with E-state index in [2.05, 4.69) is 24.9 Å². The Morgan fingerprint density at radius 2 is 1.45 bits per heavy atom. The predicted molar refractivity (Wildman–Crippen MR) is 88.9 cm³/mol. The molecule has 0 amide bonds. The van der Waals surface area contributed by atoms with Crippen molar-refractivity contribution in [3.8, 4) is 0 Å². The summed E-state index contributed by atoms with van der Waals surface area (Å²) in [5.41, 5.74) is 8.47. The zero-order valence-electron chi connectivity index (χ0n) is 13.5. The minimum Gasteiger partial charge on any atom is -0.383 e. The molecule has 0 aliphatic carbocycles. The van der Waals surface area contributed by atoms with Crippen molar-refractivity contribution in [2.75, 3.05) is 5.73 Å². The Kier molecular flexibility index (Phi) is 9.10. The van der Waals surface area contributed by atoms with E-state index in [0.717, 1.165) is 12.2 Å². The third kappa shape index (κ3) is 6.93. The molecule has 1 heterocycles. The van der Waals surface area contributed by atoms with E-state index in [1.807, 2.05) is 0 Å². The third-order valence-electron chi connectivity index (χ3n) is 4.10. The molecule has 0 aromatic carbocycles. The Balaban J connectivity index is 2.00. The van der Waals surface area contributed by atoms with Gasteiger partial charge in [0.05, 0.1) is 0 Å². The maximum Gasteiger partial charge on any atom is 0.126 e. The highest BCUT2D eigenvalue weighted by molar-refractivity contribution is 5.43. The van der Waals surface area contributed by atoms with Crippen LogP contribution in [0.3, 0.4) is 0 Å². The summed E-state index contributed by atoms with van der Waals surface area (Å²) in [5.74, 6) is 0.723. The maximum atomic E-state index is 5.93. The van der Waals surface area contributed by atoms with Crippen molar-refractivity contribution in [1.29, 1.82) is 0 Å². The molecule has 0 unspecified atom stereocenters. The summed E-state index contributed by atoms with van der Waals surface area (Å²) in [4.78, 5) is 4.18. The number of hydrogen-bond donors (Lipinski definition) is 1. The molecule has 0 atom stereocenters. The van der Waals surface area contributed by atoms with Gasteiger partial charge in [-0.25, -0.2) is 4.98 Å². The average Bonchev–Trinajstić information content (AvgIpc) is 2.43. The number of nitrogens with two attached hydrogens (primary N) is 1. The fourth-order valence-corrected chi connectivity index (χ4v) is 2.72. The lowest BCUT2D eigenvalue weighted by atomic mass is 10.0. The molecule has 0 bridgehead atoms. The second kappa shape index (κ2) is 10.7. The first-order valence-electron chi connectivity index (χ1n) is 8.45. The van der Waals surface area contributed by atoms with Crippen LogP contribution in [0.1, 0.15) is 82.3 Å². The lowest BCUT2D eigenvalue weighted by Gasteiger charge is -2.08. The summed E-state index contributed by atoms with van der Waals surface area (Å²) >= 11 is 0. The van der Waals surface area contributed by atoms with Crippen molar-refractivity contribution in [2.45, 2.75) is 84.5 Å². The van der Waals surface area contributed by atoms with Crippen LogP contribution in [0.15, 0.2) is 12.3 Å². The molecule has 114 valence electrons. The highest BCUT2D eigenvalue weighted by Crippen LogP contribution is 2.17. The van der Waals surface area contributed by atoms with Gasteiger partial charge in [0.15, 0.2) is 0 Å². The van der Waals surface area contributed by atoms with Crippen molar-refractivity contribution in [3.05, 3.63) is 23.4 Å². The molecule has 1 aromatic heterocycles. The van der Waals surface area contributed by atoms with Crippen molar-refractivity contribution in [2.24, 2.45) is 0 Å². The van der Waals surface area contributed by atoms with Gasteiger partial charge in [0, 0.05) is 6.20 Å². The van der Waals surface area contributed by atoms with Crippen LogP contribution in [0.25, 0.3) is 0 Å². The van der Waals surface area contributed by atoms with E-state index in [0.29, 0.717) is 0 Å². The Bertz CT molecular complexity index is 340. The monoisotopic (exact) mass is 276 g/mol. The normalized spacial score (nSPS) is 10.9. The van der Waals surface area contributed by atoms with Crippen molar-refractivity contribution < 1.29 is 0 Å². The van der Waals surface area contributed by atoms with E-state index >= 15 is 0 Å². The molecule has 0 aliphatic heterocycles. The molecule has 2 heteroatoms. The van der Waals surface area contributed by atoms with Crippen LogP contribution in [-0.4, -0.2) is 4.98 Å². The molecule has 0 spiro atoms. The SMILES string of the molecule is CCCCCCCCCCCCc1c(C)ccnc1N. The number of unbranched alkanes of at least 4 members (excludes halogenated alkanes) is 9. The minimum atomic E-state index is 0.723. The molecule has 2 nitrogen and oxygen atoms in total. The molecule has 0 saturated heterocycles. The number of nitrogen functional groups attached to an aromatic ring is 1. The van der Waals surface area contributed by atoms with Gasteiger partial charge in [0.1, 0.15) is 5.82 Å². The topological polar surface area (TPSA) is 38.9 Å². The lowest BCUT2D eigenvalue weighted by molar-refractivity contribution is 0.556. The molecule has 0 aliphatic rings. The Morgan fingerprint density at radius 1 is 0.900 bits per heavy atom. The summed E-state index contributed by atoms with van der Waals surface area (Å²) in [6.45, 7) is 4.40. The van der Waals surface area contributed by atoms with Crippen LogP contribution in [0.2, 0.25) is 0 Å². The fourth-order valence-electron chi connectivity index (χ4n) is 2.72. The van der Waals surface area contributed by atoms with Gasteiger partial charge in [0.25, 0.3) is 0 Å². The second-order valence-electron chi connectivity index (χ2n) is 5.92. The number of aryl methyl sites for hydroxylation is 1. The first-order chi connectivity index (χ1) is 9.75. The van der Waals surface area contributed by atoms with E-state index in [9.17, 15) is 0 Å². The number of rotatable bonds is 11. The molecule has 0 saturated carbocycles. The van der Waals surface area contributed by atoms with Gasteiger partial charge in [-0.1, -0.05) is 64.7 Å². The molecule has 1 aromatic rings. The van der Waals surface area contributed by atoms with Crippen molar-refractivity contribution in [3.63, 3.8) is 0 Å². The summed E-state index contributed by atoms with van der Waals surface area (Å²) in [7, 11) is 0. The highest BCUT2D eigenvalue weighted by atomic mass is 14.8. The van der Waals surface area contributed by atoms with Gasteiger partial charge >= 0.3 is 0 Å². The molecular formula is C18H32N2. The molecule has 1 rings (SSSR count). The van der Waals surface area contributed by atoms with E-state index in [-0.39, 0.29) is 0 Å². The first-order valence-corrected chi connectivity index (χ1v) is 8.45. The van der Waals surface area contributed by atoms with E-state index in [4.69, 9.17) is 5.73 Å². The van der Waals surface area contributed by atoms with Crippen molar-refractivity contribution in [1.82, 2.24) is 4.98 Å². The minimum absolute atomic E-state index is 0.723. The summed E-state index contributed by atoms with van der Waals surface area (Å²) in [5, 5.41) is 0. The van der Waals surface area contributed by atoms with Gasteiger partial charge in [-0.2, -0.15) is 0 Å². The quantitative estimate of drug-likeness (QED) is 0.547. The molecular weight excluding hydrogens is 244 g/mol. The van der Waals surface area contributed by atoms with Crippen LogP contribution in [0, 0.1) is 6.92 Å². The lowest BCUT2D eigenvalue weighted by Crippen LogP contribution is -2.00.